The standard InChI is InChI=1S/C12H9ClFNO3.C12H7FN2O3/c13-3-4-18-11-6-10(12(16)17)15-9-2-1-7(14)5-8(9)11;13-7-1-2-9-8(5-7)11(18-4-3-14)6-10(15-9)12(16)17/h1-2,5-6H,3-4H2,(H,16,17);1-2,5-6H,4H2,(H,16,17). The Balaban J connectivity index is 0.000000201. The van der Waals surface area contributed by atoms with Crippen LogP contribution in [-0.2, 0) is 0 Å². The third-order valence-electron chi connectivity index (χ3n) is 4.53. The first-order valence-electron chi connectivity index (χ1n) is 10.1. The number of carboxylic acid groups (broad SMARTS) is 2. The topological polar surface area (TPSA) is 143 Å². The quantitative estimate of drug-likeness (QED) is 0.336. The molecule has 0 bridgehead atoms. The molecular weight excluding hydrogens is 500 g/mol. The fourth-order valence-corrected chi connectivity index (χ4v) is 3.13. The molecule has 12 heteroatoms. The van der Waals surface area contributed by atoms with Crippen LogP contribution in [0.1, 0.15) is 21.0 Å². The first-order chi connectivity index (χ1) is 17.2. The molecular formula is C24H16ClF2N3O6. The zero-order valence-corrected chi connectivity index (χ0v) is 19.0. The molecule has 0 spiro atoms. The van der Waals surface area contributed by atoms with Crippen LogP contribution in [0.2, 0.25) is 0 Å². The summed E-state index contributed by atoms with van der Waals surface area (Å²) in [5.41, 5.74) is 0.283. The SMILES string of the molecule is N#CCOc1cc(C(=O)O)nc2ccc(F)cc12.O=C(O)c1cc(OCCCl)c2cc(F)ccc2n1. The van der Waals surface area contributed by atoms with Crippen LogP contribution >= 0.6 is 11.6 Å². The summed E-state index contributed by atoms with van der Waals surface area (Å²) in [5, 5.41) is 27.0. The lowest BCUT2D eigenvalue weighted by atomic mass is 10.1. The highest BCUT2D eigenvalue weighted by Crippen LogP contribution is 2.27. The molecule has 0 unspecified atom stereocenters. The molecule has 0 aliphatic rings. The molecule has 0 aliphatic carbocycles. The van der Waals surface area contributed by atoms with Crippen molar-refractivity contribution in [2.24, 2.45) is 0 Å². The van der Waals surface area contributed by atoms with Crippen LogP contribution in [0, 0.1) is 23.0 Å². The van der Waals surface area contributed by atoms with Gasteiger partial charge in [0.25, 0.3) is 0 Å². The van der Waals surface area contributed by atoms with Gasteiger partial charge in [0, 0.05) is 22.9 Å². The fraction of sp³-hybridized carbons (Fsp3) is 0.125. The zero-order valence-electron chi connectivity index (χ0n) is 18.2. The van der Waals surface area contributed by atoms with Crippen LogP contribution in [0.25, 0.3) is 21.8 Å². The predicted molar refractivity (Wildman–Crippen MR) is 125 cm³/mol. The Kier molecular flexibility index (Phi) is 8.48. The predicted octanol–water partition coefficient (Wildman–Crippen LogP) is 4.66. The van der Waals surface area contributed by atoms with E-state index in [0.717, 1.165) is 0 Å². The van der Waals surface area contributed by atoms with Crippen LogP contribution in [-0.4, -0.2) is 51.2 Å². The van der Waals surface area contributed by atoms with Crippen molar-refractivity contribution in [3.05, 3.63) is 71.6 Å². The minimum Gasteiger partial charge on any atom is -0.492 e. The van der Waals surface area contributed by atoms with Crippen molar-refractivity contribution in [3.63, 3.8) is 0 Å². The van der Waals surface area contributed by atoms with Gasteiger partial charge in [-0.25, -0.2) is 28.3 Å². The largest absolute Gasteiger partial charge is 0.492 e. The monoisotopic (exact) mass is 515 g/mol. The van der Waals surface area contributed by atoms with Crippen molar-refractivity contribution in [3.8, 4) is 17.6 Å². The van der Waals surface area contributed by atoms with Gasteiger partial charge in [0.05, 0.1) is 16.9 Å². The van der Waals surface area contributed by atoms with E-state index in [1.165, 1.54) is 48.5 Å². The molecule has 0 amide bonds. The molecule has 0 atom stereocenters. The minimum atomic E-state index is -1.22. The maximum atomic E-state index is 13.2. The number of hydrogen-bond acceptors (Lipinski definition) is 7. The lowest BCUT2D eigenvalue weighted by molar-refractivity contribution is 0.0680. The summed E-state index contributed by atoms with van der Waals surface area (Å²) in [6.45, 7) is -0.0507. The second-order valence-electron chi connectivity index (χ2n) is 6.93. The first kappa shape index (κ1) is 26.1. The number of nitriles is 1. The molecule has 0 saturated carbocycles. The van der Waals surface area contributed by atoms with E-state index in [1.54, 1.807) is 6.07 Å². The number of carbonyl (C=O) groups is 2. The molecule has 0 radical (unpaired) electrons. The van der Waals surface area contributed by atoms with Gasteiger partial charge in [-0.3, -0.25) is 0 Å². The number of alkyl halides is 1. The number of nitrogens with zero attached hydrogens (tertiary/aromatic N) is 3. The number of rotatable bonds is 7. The summed E-state index contributed by atoms with van der Waals surface area (Å²) in [6, 6.07) is 11.8. The van der Waals surface area contributed by atoms with E-state index in [1.807, 2.05) is 0 Å². The molecule has 2 heterocycles. The van der Waals surface area contributed by atoms with Crippen molar-refractivity contribution in [2.75, 3.05) is 19.1 Å². The van der Waals surface area contributed by atoms with Crippen molar-refractivity contribution in [1.29, 1.82) is 5.26 Å². The van der Waals surface area contributed by atoms with E-state index >= 15 is 0 Å². The number of carboxylic acids is 2. The molecule has 4 aromatic rings. The third kappa shape index (κ3) is 6.31. The van der Waals surface area contributed by atoms with Crippen LogP contribution < -0.4 is 9.47 Å². The van der Waals surface area contributed by atoms with Gasteiger partial charge in [-0.2, -0.15) is 5.26 Å². The Bertz CT molecular complexity index is 1490. The van der Waals surface area contributed by atoms with E-state index in [0.29, 0.717) is 21.8 Å². The molecule has 2 N–H and O–H groups in total. The Morgan fingerprint density at radius 2 is 1.33 bits per heavy atom. The number of pyridine rings is 2. The van der Waals surface area contributed by atoms with Crippen molar-refractivity contribution in [2.45, 2.75) is 0 Å². The third-order valence-corrected chi connectivity index (χ3v) is 4.69. The van der Waals surface area contributed by atoms with Gasteiger partial charge in [0.15, 0.2) is 18.0 Å². The van der Waals surface area contributed by atoms with Gasteiger partial charge in [-0.05, 0) is 36.4 Å². The normalized spacial score (nSPS) is 10.3. The fourth-order valence-electron chi connectivity index (χ4n) is 3.05. The molecule has 2 aromatic carbocycles. The Labute approximate surface area is 207 Å². The van der Waals surface area contributed by atoms with Crippen LogP contribution in [0.3, 0.4) is 0 Å². The number of fused-ring (bicyclic) bond motifs is 2. The van der Waals surface area contributed by atoms with E-state index in [-0.39, 0.29) is 42.0 Å². The lowest BCUT2D eigenvalue weighted by Gasteiger charge is -2.09. The van der Waals surface area contributed by atoms with Crippen molar-refractivity contribution in [1.82, 2.24) is 9.97 Å². The van der Waals surface area contributed by atoms with Gasteiger partial charge in [-0.1, -0.05) is 0 Å². The summed E-state index contributed by atoms with van der Waals surface area (Å²) in [7, 11) is 0. The lowest BCUT2D eigenvalue weighted by Crippen LogP contribution is -2.04. The van der Waals surface area contributed by atoms with Gasteiger partial charge < -0.3 is 19.7 Å². The van der Waals surface area contributed by atoms with Crippen LogP contribution in [0.15, 0.2) is 48.5 Å². The van der Waals surface area contributed by atoms with E-state index in [2.05, 4.69) is 9.97 Å². The maximum absolute atomic E-state index is 13.2. The number of benzene rings is 2. The highest BCUT2D eigenvalue weighted by molar-refractivity contribution is 6.18. The van der Waals surface area contributed by atoms with Crippen LogP contribution in [0.5, 0.6) is 11.5 Å². The molecule has 0 saturated heterocycles. The molecule has 0 fully saturated rings. The average molecular weight is 516 g/mol. The maximum Gasteiger partial charge on any atom is 0.354 e. The second-order valence-corrected chi connectivity index (χ2v) is 7.31. The van der Waals surface area contributed by atoms with Gasteiger partial charge >= 0.3 is 11.9 Å². The first-order valence-corrected chi connectivity index (χ1v) is 10.6. The second kappa shape index (κ2) is 11.7. The van der Waals surface area contributed by atoms with Crippen LogP contribution in [0.4, 0.5) is 8.78 Å². The Hall–Kier alpha value is -4.56. The summed E-state index contributed by atoms with van der Waals surface area (Å²) in [5.74, 6) is -2.69. The molecule has 2 aromatic heterocycles. The van der Waals surface area contributed by atoms with E-state index < -0.39 is 23.6 Å². The molecule has 0 aliphatic heterocycles. The van der Waals surface area contributed by atoms with Crippen molar-refractivity contribution < 1.29 is 38.1 Å². The number of halogens is 3. The number of aromatic carboxylic acids is 2. The van der Waals surface area contributed by atoms with E-state index in [4.69, 9.17) is 36.5 Å². The zero-order chi connectivity index (χ0) is 26.2. The van der Waals surface area contributed by atoms with E-state index in [9.17, 15) is 18.4 Å². The average Bonchev–Trinajstić information content (AvgIpc) is 2.85. The summed E-state index contributed by atoms with van der Waals surface area (Å²) < 4.78 is 36.7. The molecule has 36 heavy (non-hydrogen) atoms. The van der Waals surface area contributed by atoms with Crippen molar-refractivity contribution >= 4 is 45.3 Å². The number of hydrogen-bond donors (Lipinski definition) is 2. The number of aromatic nitrogens is 2. The smallest absolute Gasteiger partial charge is 0.354 e. The molecule has 184 valence electrons. The molecule has 4 rings (SSSR count). The highest BCUT2D eigenvalue weighted by atomic mass is 35.5. The highest BCUT2D eigenvalue weighted by Gasteiger charge is 2.13. The Morgan fingerprint density at radius 1 is 0.861 bits per heavy atom. The van der Waals surface area contributed by atoms with Gasteiger partial charge in [0.1, 0.15) is 35.8 Å². The minimum absolute atomic E-state index is 0.124. The summed E-state index contributed by atoms with van der Waals surface area (Å²) in [4.78, 5) is 29.6. The molecule has 9 nitrogen and oxygen atoms in total. The van der Waals surface area contributed by atoms with Gasteiger partial charge in [-0.15, -0.1) is 11.6 Å². The Morgan fingerprint density at radius 3 is 1.75 bits per heavy atom. The summed E-state index contributed by atoms with van der Waals surface area (Å²) >= 11 is 5.51. The number of ether oxygens (including phenoxy) is 2. The summed E-state index contributed by atoms with van der Waals surface area (Å²) in [6.07, 6.45) is 0. The van der Waals surface area contributed by atoms with Gasteiger partial charge in [0.2, 0.25) is 0 Å².